The van der Waals surface area contributed by atoms with Crippen LogP contribution in [0.5, 0.6) is 0 Å². The fourth-order valence-corrected chi connectivity index (χ4v) is 0.953. The monoisotopic (exact) mass is 136 g/mol. The second-order valence-corrected chi connectivity index (χ2v) is 2.40. The molecule has 1 aliphatic heterocycles. The van der Waals surface area contributed by atoms with E-state index in [0.717, 1.165) is 0 Å². The minimum absolute atomic E-state index is 0.0938. The Morgan fingerprint density at radius 1 is 1.67 bits per heavy atom. The first-order valence-corrected chi connectivity index (χ1v) is 3.13. The first kappa shape index (κ1) is 6.93. The molecule has 1 atom stereocenters. The lowest BCUT2D eigenvalue weighted by atomic mass is 10.2. The predicted octanol–water partition coefficient (Wildman–Crippen LogP) is 1.82. The van der Waals surface area contributed by atoms with E-state index in [1.807, 2.05) is 6.92 Å². The first-order valence-electron chi connectivity index (χ1n) is 3.13. The van der Waals surface area contributed by atoms with Crippen LogP contribution < -0.4 is 0 Å². The molecule has 0 aliphatic carbocycles. The van der Waals surface area contributed by atoms with E-state index in [4.69, 9.17) is 4.74 Å². The molecule has 9 heavy (non-hydrogen) atoms. The van der Waals surface area contributed by atoms with E-state index in [1.165, 1.54) is 0 Å². The molecule has 0 amide bonds. The van der Waals surface area contributed by atoms with Gasteiger partial charge >= 0.3 is 0 Å². The summed E-state index contributed by atoms with van der Waals surface area (Å²) in [6, 6.07) is 0. The van der Waals surface area contributed by atoms with Gasteiger partial charge in [-0.3, -0.25) is 0 Å². The molecule has 0 N–H and O–H groups in total. The zero-order valence-corrected chi connectivity index (χ0v) is 5.36. The lowest BCUT2D eigenvalue weighted by molar-refractivity contribution is -0.0101. The van der Waals surface area contributed by atoms with Crippen LogP contribution in [-0.2, 0) is 4.74 Å². The number of hydrogen-bond acceptors (Lipinski definition) is 1. The maximum absolute atomic E-state index is 12.3. The Kier molecular flexibility index (Phi) is 1.70. The fourth-order valence-electron chi connectivity index (χ4n) is 0.953. The summed E-state index contributed by atoms with van der Waals surface area (Å²) in [6.45, 7) is 1.47. The third kappa shape index (κ3) is 1.61. The molecule has 1 nitrogen and oxygen atoms in total. The van der Waals surface area contributed by atoms with Crippen molar-refractivity contribution in [2.45, 2.75) is 31.8 Å². The Balaban J connectivity index is 2.38. The zero-order chi connectivity index (χ0) is 6.91. The lowest BCUT2D eigenvalue weighted by Crippen LogP contribution is -2.14. The Morgan fingerprint density at radius 3 is 2.56 bits per heavy atom. The van der Waals surface area contributed by atoms with Crippen molar-refractivity contribution in [3.63, 3.8) is 0 Å². The average Bonchev–Trinajstić information content (AvgIpc) is 2.10. The Labute approximate surface area is 53.0 Å². The third-order valence-corrected chi connectivity index (χ3v) is 1.51. The smallest absolute Gasteiger partial charge is 0.273 e. The molecule has 1 rings (SSSR count). The van der Waals surface area contributed by atoms with Crippen LogP contribution in [0.25, 0.3) is 0 Å². The number of ether oxygens (including phenoxy) is 1. The summed E-state index contributed by atoms with van der Waals surface area (Å²) < 4.78 is 29.3. The van der Waals surface area contributed by atoms with Crippen LogP contribution in [0.3, 0.4) is 0 Å². The summed E-state index contributed by atoms with van der Waals surface area (Å²) in [6.07, 6.45) is 0.388. The summed E-state index contributed by atoms with van der Waals surface area (Å²) >= 11 is 0. The highest BCUT2D eigenvalue weighted by atomic mass is 19.3. The van der Waals surface area contributed by atoms with Crippen molar-refractivity contribution < 1.29 is 13.5 Å². The minimum Gasteiger partial charge on any atom is -0.372 e. The van der Waals surface area contributed by atoms with E-state index in [1.54, 1.807) is 0 Å². The van der Waals surface area contributed by atoms with Gasteiger partial charge in [-0.25, -0.2) is 8.78 Å². The quantitative estimate of drug-likeness (QED) is 0.534. The van der Waals surface area contributed by atoms with Crippen molar-refractivity contribution in [1.82, 2.24) is 0 Å². The molecule has 1 fully saturated rings. The van der Waals surface area contributed by atoms with E-state index in [2.05, 4.69) is 0 Å². The molecule has 1 unspecified atom stereocenters. The van der Waals surface area contributed by atoms with Crippen LogP contribution in [0.1, 0.15) is 19.8 Å². The molecule has 1 saturated heterocycles. The molecule has 0 saturated carbocycles. The normalized spacial score (nSPS) is 33.0. The van der Waals surface area contributed by atoms with Gasteiger partial charge in [0.15, 0.2) is 0 Å². The van der Waals surface area contributed by atoms with Gasteiger partial charge < -0.3 is 4.74 Å². The highest BCUT2D eigenvalue weighted by Crippen LogP contribution is 2.30. The Hall–Kier alpha value is -0.180. The van der Waals surface area contributed by atoms with E-state index >= 15 is 0 Å². The van der Waals surface area contributed by atoms with Gasteiger partial charge in [0.05, 0.1) is 6.10 Å². The first-order chi connectivity index (χ1) is 4.14. The molecule has 0 spiro atoms. The van der Waals surface area contributed by atoms with Crippen molar-refractivity contribution in [3.05, 3.63) is 0 Å². The molecule has 0 radical (unpaired) electrons. The number of rotatable bonds is 1. The van der Waals surface area contributed by atoms with Crippen molar-refractivity contribution >= 4 is 0 Å². The summed E-state index contributed by atoms with van der Waals surface area (Å²) in [5, 5.41) is 0. The number of alkyl halides is 2. The van der Waals surface area contributed by atoms with E-state index in [9.17, 15) is 8.78 Å². The van der Waals surface area contributed by atoms with Gasteiger partial charge in [-0.2, -0.15) is 0 Å². The molecule has 3 heteroatoms. The number of halogens is 2. The highest BCUT2D eigenvalue weighted by Gasteiger charge is 2.39. The minimum atomic E-state index is -2.55. The predicted molar refractivity (Wildman–Crippen MR) is 29.6 cm³/mol. The number of hydrogen-bond donors (Lipinski definition) is 0. The van der Waals surface area contributed by atoms with Gasteiger partial charge in [-0.05, 0) is 6.42 Å². The summed E-state index contributed by atoms with van der Waals surface area (Å²) in [5.41, 5.74) is 0. The van der Waals surface area contributed by atoms with Crippen molar-refractivity contribution in [3.8, 4) is 0 Å². The highest BCUT2D eigenvalue weighted by molar-refractivity contribution is 4.78. The summed E-state index contributed by atoms with van der Waals surface area (Å²) in [4.78, 5) is 0. The lowest BCUT2D eigenvalue weighted by Gasteiger charge is -2.03. The van der Waals surface area contributed by atoms with Crippen LogP contribution in [0.15, 0.2) is 0 Å². The van der Waals surface area contributed by atoms with Crippen molar-refractivity contribution in [2.75, 3.05) is 6.61 Å². The van der Waals surface area contributed by atoms with Gasteiger partial charge in [-0.15, -0.1) is 0 Å². The third-order valence-electron chi connectivity index (χ3n) is 1.51. The maximum Gasteiger partial charge on any atom is 0.273 e. The van der Waals surface area contributed by atoms with Crippen molar-refractivity contribution in [2.24, 2.45) is 0 Å². The Morgan fingerprint density at radius 2 is 2.33 bits per heavy atom. The topological polar surface area (TPSA) is 9.23 Å². The Bertz CT molecular complexity index is 103. The molecule has 0 aromatic rings. The molecular weight excluding hydrogens is 126 g/mol. The van der Waals surface area contributed by atoms with Gasteiger partial charge in [0.2, 0.25) is 0 Å². The van der Waals surface area contributed by atoms with Crippen LogP contribution in [0.4, 0.5) is 8.78 Å². The summed E-state index contributed by atoms with van der Waals surface area (Å²) in [5.74, 6) is -2.55. The maximum atomic E-state index is 12.3. The molecule has 54 valence electrons. The molecule has 1 heterocycles. The van der Waals surface area contributed by atoms with Gasteiger partial charge in [0, 0.05) is 6.42 Å². The van der Waals surface area contributed by atoms with Crippen LogP contribution in [0.2, 0.25) is 0 Å². The molecule has 0 aromatic heterocycles. The van der Waals surface area contributed by atoms with Crippen LogP contribution >= 0.6 is 0 Å². The van der Waals surface area contributed by atoms with Gasteiger partial charge in [-0.1, -0.05) is 6.92 Å². The van der Waals surface area contributed by atoms with Gasteiger partial charge in [0.1, 0.15) is 6.61 Å². The zero-order valence-electron chi connectivity index (χ0n) is 5.36. The molecule has 0 aromatic carbocycles. The van der Waals surface area contributed by atoms with Crippen LogP contribution in [-0.4, -0.2) is 18.6 Å². The van der Waals surface area contributed by atoms with Gasteiger partial charge in [0.25, 0.3) is 5.92 Å². The average molecular weight is 136 g/mol. The second kappa shape index (κ2) is 2.21. The molecular formula is C6H10F2O. The SMILES string of the molecule is CCC1CC(F)(F)CO1. The largest absolute Gasteiger partial charge is 0.372 e. The fraction of sp³-hybridized carbons (Fsp3) is 1.00. The van der Waals surface area contributed by atoms with E-state index in [0.29, 0.717) is 6.42 Å². The van der Waals surface area contributed by atoms with Crippen LogP contribution in [0, 0.1) is 0 Å². The molecule has 0 bridgehead atoms. The molecule has 1 aliphatic rings. The summed E-state index contributed by atoms with van der Waals surface area (Å²) in [7, 11) is 0. The van der Waals surface area contributed by atoms with E-state index in [-0.39, 0.29) is 19.1 Å². The van der Waals surface area contributed by atoms with Crippen molar-refractivity contribution in [1.29, 1.82) is 0 Å². The van der Waals surface area contributed by atoms with E-state index < -0.39 is 5.92 Å². The standard InChI is InChI=1S/C6H10F2O/c1-2-5-3-6(7,8)4-9-5/h5H,2-4H2,1H3. The second-order valence-electron chi connectivity index (χ2n) is 2.40.